The van der Waals surface area contributed by atoms with Gasteiger partial charge in [0, 0.05) is 6.07 Å². The summed E-state index contributed by atoms with van der Waals surface area (Å²) in [5, 5.41) is 12.1. The maximum Gasteiger partial charge on any atom is 0.413 e. The first kappa shape index (κ1) is 22.4. The second-order valence-corrected chi connectivity index (χ2v) is 7.08. The second kappa shape index (κ2) is 9.78. The quantitative estimate of drug-likeness (QED) is 0.408. The number of carbonyl (C=O) groups is 2. The molecule has 0 aliphatic heterocycles. The van der Waals surface area contributed by atoms with Crippen LogP contribution < -0.4 is 20.2 Å². The van der Waals surface area contributed by atoms with Crippen molar-refractivity contribution in [2.24, 2.45) is 0 Å². The molecule has 1 heterocycles. The molecule has 2 N–H and O–H groups in total. The summed E-state index contributed by atoms with van der Waals surface area (Å²) in [6, 6.07) is 17.6. The zero-order valence-electron chi connectivity index (χ0n) is 17.9. The summed E-state index contributed by atoms with van der Waals surface area (Å²) < 4.78 is 21.1. The van der Waals surface area contributed by atoms with Crippen LogP contribution in [0.5, 0.6) is 23.0 Å². The highest BCUT2D eigenvalue weighted by Gasteiger charge is 2.24. The third-order valence-electron chi connectivity index (χ3n) is 4.82. The van der Waals surface area contributed by atoms with E-state index in [1.54, 1.807) is 24.3 Å². The number of benzene rings is 3. The molecule has 1 aromatic heterocycles. The van der Waals surface area contributed by atoms with Crippen LogP contribution in [0.1, 0.15) is 11.6 Å². The van der Waals surface area contributed by atoms with Gasteiger partial charge < -0.3 is 29.1 Å². The number of hydrogen-bond donors (Lipinski definition) is 2. The Kier molecular flexibility index (Phi) is 6.45. The largest absolute Gasteiger partial charge is 0.508 e. The minimum atomic E-state index is -1.16. The molecule has 1 atom stereocenters. The summed E-state index contributed by atoms with van der Waals surface area (Å²) in [4.78, 5) is 37.3. The van der Waals surface area contributed by atoms with Crippen molar-refractivity contribution in [2.45, 2.75) is 6.04 Å². The van der Waals surface area contributed by atoms with Gasteiger partial charge in [-0.2, -0.15) is 0 Å². The summed E-state index contributed by atoms with van der Waals surface area (Å²) in [5.74, 6) is -0.137. The minimum Gasteiger partial charge on any atom is -0.508 e. The number of aromatic hydroxyl groups is 1. The third-order valence-corrected chi connectivity index (χ3v) is 4.82. The summed E-state index contributed by atoms with van der Waals surface area (Å²) in [6.07, 6.45) is 0.244. The van der Waals surface area contributed by atoms with Crippen LogP contribution in [0.3, 0.4) is 0 Å². The van der Waals surface area contributed by atoms with Gasteiger partial charge in [0.2, 0.25) is 11.2 Å². The average molecular weight is 461 g/mol. The highest BCUT2D eigenvalue weighted by Crippen LogP contribution is 2.24. The molecule has 0 spiro atoms. The monoisotopic (exact) mass is 461 g/mol. The SMILES string of the molecule is COC(=O)C(NC(=O)Oc1ccc2c(=O)c(Oc3ccccc3)coc2c1)c1ccc(O)cc1. The van der Waals surface area contributed by atoms with E-state index in [1.807, 2.05) is 6.07 Å². The lowest BCUT2D eigenvalue weighted by Crippen LogP contribution is -2.36. The molecule has 4 aromatic rings. The number of ether oxygens (including phenoxy) is 3. The molecule has 0 saturated carbocycles. The van der Waals surface area contributed by atoms with Gasteiger partial charge in [0.25, 0.3) is 0 Å². The molecular weight excluding hydrogens is 442 g/mol. The van der Waals surface area contributed by atoms with Gasteiger partial charge in [-0.1, -0.05) is 30.3 Å². The molecule has 9 nitrogen and oxygen atoms in total. The van der Waals surface area contributed by atoms with Gasteiger partial charge in [0.05, 0.1) is 12.5 Å². The van der Waals surface area contributed by atoms with Crippen molar-refractivity contribution in [3.63, 3.8) is 0 Å². The van der Waals surface area contributed by atoms with E-state index in [9.17, 15) is 19.5 Å². The predicted molar refractivity (Wildman–Crippen MR) is 121 cm³/mol. The van der Waals surface area contributed by atoms with Crippen LogP contribution in [0.25, 0.3) is 11.0 Å². The molecule has 9 heteroatoms. The third kappa shape index (κ3) is 4.99. The highest BCUT2D eigenvalue weighted by atomic mass is 16.6. The van der Waals surface area contributed by atoms with Crippen molar-refractivity contribution < 1.29 is 33.3 Å². The first-order valence-electron chi connectivity index (χ1n) is 10.1. The number of para-hydroxylation sites is 1. The minimum absolute atomic E-state index is 0.00456. The van der Waals surface area contributed by atoms with Crippen LogP contribution in [0, 0.1) is 0 Å². The molecule has 1 unspecified atom stereocenters. The van der Waals surface area contributed by atoms with Crippen molar-refractivity contribution in [1.82, 2.24) is 5.32 Å². The van der Waals surface area contributed by atoms with E-state index in [2.05, 4.69) is 5.32 Å². The van der Waals surface area contributed by atoms with Crippen LogP contribution in [0.2, 0.25) is 0 Å². The van der Waals surface area contributed by atoms with Gasteiger partial charge in [0.1, 0.15) is 29.1 Å². The molecule has 0 bridgehead atoms. The number of esters is 1. The topological polar surface area (TPSA) is 124 Å². The summed E-state index contributed by atoms with van der Waals surface area (Å²) in [7, 11) is 1.18. The Hall–Kier alpha value is -4.79. The fourth-order valence-electron chi connectivity index (χ4n) is 3.16. The lowest BCUT2D eigenvalue weighted by Gasteiger charge is -2.16. The molecule has 1 amide bonds. The Balaban J connectivity index is 1.51. The zero-order chi connectivity index (χ0) is 24.1. The number of phenols is 1. The number of hydrogen-bond acceptors (Lipinski definition) is 8. The zero-order valence-corrected chi connectivity index (χ0v) is 17.9. The Labute approximate surface area is 193 Å². The lowest BCUT2D eigenvalue weighted by molar-refractivity contribution is -0.143. The smallest absolute Gasteiger partial charge is 0.413 e. The highest BCUT2D eigenvalue weighted by molar-refractivity contribution is 5.84. The van der Waals surface area contributed by atoms with Crippen LogP contribution in [-0.4, -0.2) is 24.3 Å². The van der Waals surface area contributed by atoms with Crippen molar-refractivity contribution in [2.75, 3.05) is 7.11 Å². The van der Waals surface area contributed by atoms with Crippen LogP contribution in [0.4, 0.5) is 4.79 Å². The normalized spacial score (nSPS) is 11.4. The van der Waals surface area contributed by atoms with Crippen molar-refractivity contribution in [3.05, 3.63) is 94.8 Å². The fraction of sp³-hybridized carbons (Fsp3) is 0.0800. The van der Waals surface area contributed by atoms with Crippen molar-refractivity contribution in [3.8, 4) is 23.0 Å². The second-order valence-electron chi connectivity index (χ2n) is 7.08. The van der Waals surface area contributed by atoms with Gasteiger partial charge >= 0.3 is 12.1 Å². The van der Waals surface area contributed by atoms with Gasteiger partial charge in [-0.15, -0.1) is 0 Å². The number of amides is 1. The number of phenolic OH excluding ortho intramolecular Hbond substituents is 1. The first-order chi connectivity index (χ1) is 16.4. The molecule has 4 rings (SSSR count). The predicted octanol–water partition coefficient (Wildman–Crippen LogP) is 4.29. The summed E-state index contributed by atoms with van der Waals surface area (Å²) in [5.41, 5.74) is 0.176. The van der Waals surface area contributed by atoms with E-state index in [0.29, 0.717) is 11.3 Å². The molecule has 0 saturated heterocycles. The number of fused-ring (bicyclic) bond motifs is 1. The Bertz CT molecular complexity index is 1380. The average Bonchev–Trinajstić information content (AvgIpc) is 2.85. The van der Waals surface area contributed by atoms with Crippen LogP contribution >= 0.6 is 0 Å². The molecule has 0 fully saturated rings. The summed E-state index contributed by atoms with van der Waals surface area (Å²) >= 11 is 0. The Morgan fingerprint density at radius 3 is 2.41 bits per heavy atom. The van der Waals surface area contributed by atoms with E-state index in [0.717, 1.165) is 0 Å². The van der Waals surface area contributed by atoms with E-state index in [4.69, 9.17) is 18.6 Å². The molecule has 172 valence electrons. The van der Waals surface area contributed by atoms with Crippen molar-refractivity contribution in [1.29, 1.82) is 0 Å². The lowest BCUT2D eigenvalue weighted by atomic mass is 10.1. The van der Waals surface area contributed by atoms with Gasteiger partial charge in [0.15, 0.2) is 6.04 Å². The number of nitrogens with one attached hydrogen (secondary N) is 1. The standard InChI is InChI=1S/C25H19NO8/c1-31-24(29)22(15-7-9-16(27)10-8-15)26-25(30)34-18-11-12-19-20(13-18)32-14-21(23(19)28)33-17-5-3-2-4-6-17/h2-14,22,27H,1H3,(H,26,30). The summed E-state index contributed by atoms with van der Waals surface area (Å²) in [6.45, 7) is 0. The van der Waals surface area contributed by atoms with Crippen molar-refractivity contribution >= 4 is 23.0 Å². The Morgan fingerprint density at radius 2 is 1.71 bits per heavy atom. The van der Waals surface area contributed by atoms with Gasteiger partial charge in [-0.25, -0.2) is 9.59 Å². The molecule has 0 aliphatic carbocycles. The Morgan fingerprint density at radius 1 is 0.971 bits per heavy atom. The van der Waals surface area contributed by atoms with E-state index in [-0.39, 0.29) is 33.6 Å². The molecule has 0 radical (unpaired) electrons. The van der Waals surface area contributed by atoms with Gasteiger partial charge in [-0.3, -0.25) is 4.79 Å². The maximum atomic E-state index is 12.7. The van der Waals surface area contributed by atoms with Gasteiger partial charge in [-0.05, 0) is 42.0 Å². The molecule has 0 aliphatic rings. The van der Waals surface area contributed by atoms with E-state index < -0.39 is 18.1 Å². The van der Waals surface area contributed by atoms with E-state index >= 15 is 0 Å². The first-order valence-corrected chi connectivity index (χ1v) is 10.1. The van der Waals surface area contributed by atoms with Crippen LogP contribution in [0.15, 0.2) is 88.3 Å². The number of rotatable bonds is 6. The fourth-order valence-corrected chi connectivity index (χ4v) is 3.16. The van der Waals surface area contributed by atoms with E-state index in [1.165, 1.54) is 55.8 Å². The number of carbonyl (C=O) groups excluding carboxylic acids is 2. The molecular formula is C25H19NO8. The molecule has 3 aromatic carbocycles. The molecule has 34 heavy (non-hydrogen) atoms. The number of methoxy groups -OCH3 is 1. The maximum absolute atomic E-state index is 12.7. The van der Waals surface area contributed by atoms with Crippen LogP contribution in [-0.2, 0) is 9.53 Å².